The van der Waals surface area contributed by atoms with Gasteiger partial charge in [-0.1, -0.05) is 19.9 Å². The van der Waals surface area contributed by atoms with Crippen LogP contribution in [0, 0.1) is 12.8 Å². The van der Waals surface area contributed by atoms with Gasteiger partial charge in [-0.2, -0.15) is 0 Å². The van der Waals surface area contributed by atoms with Gasteiger partial charge in [0.15, 0.2) is 17.3 Å². The zero-order valence-corrected chi connectivity index (χ0v) is 22.0. The summed E-state index contributed by atoms with van der Waals surface area (Å²) in [5.41, 5.74) is 0.673. The van der Waals surface area contributed by atoms with E-state index in [1.165, 1.54) is 32.2 Å². The Morgan fingerprint density at radius 1 is 1.00 bits per heavy atom. The number of fused-ring (bicyclic) bond motifs is 1. The first-order valence-electron chi connectivity index (χ1n) is 12.5. The number of hydrogen-bond donors (Lipinski definition) is 7. The first kappa shape index (κ1) is 27.7. The summed E-state index contributed by atoms with van der Waals surface area (Å²) in [6.45, 7) is 5.08. The Morgan fingerprint density at radius 2 is 1.69 bits per heavy atom. The second-order valence-corrected chi connectivity index (χ2v) is 9.82. The lowest BCUT2D eigenvalue weighted by Gasteiger charge is -2.33. The van der Waals surface area contributed by atoms with Crippen molar-refractivity contribution in [2.24, 2.45) is 5.92 Å². The summed E-state index contributed by atoms with van der Waals surface area (Å²) in [6.07, 6.45) is -2.09. The molecule has 4 rings (SSSR count). The maximum absolute atomic E-state index is 13.2. The van der Waals surface area contributed by atoms with Gasteiger partial charge in [0.05, 0.1) is 13.2 Å². The van der Waals surface area contributed by atoms with Gasteiger partial charge in [0.25, 0.3) is 0 Å². The highest BCUT2D eigenvalue weighted by Gasteiger charge is 2.36. The van der Waals surface area contributed by atoms with E-state index in [2.05, 4.69) is 0 Å². The van der Waals surface area contributed by atoms with Crippen LogP contribution in [0.2, 0.25) is 0 Å². The maximum atomic E-state index is 13.2. The van der Waals surface area contributed by atoms with Gasteiger partial charge in [0.1, 0.15) is 46.2 Å². The summed E-state index contributed by atoms with van der Waals surface area (Å²) >= 11 is 0. The van der Waals surface area contributed by atoms with E-state index in [1.807, 2.05) is 6.92 Å². The molecular formula is C29H32O10. The minimum Gasteiger partial charge on any atom is -0.507 e. The number of phenolic OH excluding ortho intramolecular Hbond substituents is 6. The van der Waals surface area contributed by atoms with Crippen LogP contribution < -0.4 is 9.47 Å². The second-order valence-electron chi connectivity index (χ2n) is 9.82. The van der Waals surface area contributed by atoms with Crippen LogP contribution in [0.15, 0.2) is 24.3 Å². The molecule has 1 aliphatic heterocycles. The van der Waals surface area contributed by atoms with E-state index in [0.717, 1.165) is 6.07 Å². The van der Waals surface area contributed by atoms with Crippen LogP contribution in [0.25, 0.3) is 0 Å². The number of methoxy groups -OCH3 is 1. The number of Topliss-reactive ketones (excluding diaryl/α,β-unsaturated/α-hetero) is 1. The molecule has 3 aromatic carbocycles. The molecule has 0 fully saturated rings. The van der Waals surface area contributed by atoms with Gasteiger partial charge >= 0.3 is 0 Å². The third kappa shape index (κ3) is 4.72. The van der Waals surface area contributed by atoms with E-state index >= 15 is 0 Å². The first-order chi connectivity index (χ1) is 18.4. The molecule has 0 amide bonds. The number of benzene rings is 3. The van der Waals surface area contributed by atoms with Crippen molar-refractivity contribution >= 4 is 5.78 Å². The third-order valence-corrected chi connectivity index (χ3v) is 7.37. The van der Waals surface area contributed by atoms with E-state index in [1.54, 1.807) is 6.92 Å². The fraction of sp³-hybridized carbons (Fsp3) is 0.345. The van der Waals surface area contributed by atoms with Crippen molar-refractivity contribution in [3.8, 4) is 46.0 Å². The summed E-state index contributed by atoms with van der Waals surface area (Å²) in [5, 5.41) is 74.0. The zero-order chi connectivity index (χ0) is 28.8. The highest BCUT2D eigenvalue weighted by atomic mass is 16.5. The van der Waals surface area contributed by atoms with Crippen LogP contribution in [-0.4, -0.2) is 54.7 Å². The van der Waals surface area contributed by atoms with Crippen molar-refractivity contribution in [3.63, 3.8) is 0 Å². The summed E-state index contributed by atoms with van der Waals surface area (Å²) in [4.78, 5) is 13.2. The molecule has 0 aromatic heterocycles. The standard InChI is InChI=1S/C29H32O10/c1-5-12(2)24(35)23-26(37)17(25(36)13(3)27(23)38-4)9-15-19(31)11-20(32)16-10-22(34)28(39-29(15)16)14-6-7-18(30)21(33)8-14/h6-8,11-12,22,28,30-34,36-37H,5,9-10H2,1-4H3/t12-,22+,28+/m0/s1. The molecule has 208 valence electrons. The van der Waals surface area contributed by atoms with Crippen LogP contribution in [0.1, 0.15) is 64.5 Å². The Morgan fingerprint density at radius 3 is 2.31 bits per heavy atom. The summed E-state index contributed by atoms with van der Waals surface area (Å²) < 4.78 is 11.4. The minimum atomic E-state index is -1.16. The molecule has 10 nitrogen and oxygen atoms in total. The molecule has 0 spiro atoms. The van der Waals surface area contributed by atoms with Crippen molar-refractivity contribution in [2.75, 3.05) is 7.11 Å². The largest absolute Gasteiger partial charge is 0.507 e. The quantitative estimate of drug-likeness (QED) is 0.171. The van der Waals surface area contributed by atoms with Gasteiger partial charge < -0.3 is 45.2 Å². The Hall–Kier alpha value is -4.31. The molecule has 7 N–H and O–H groups in total. The molecule has 1 heterocycles. The number of hydrogen-bond acceptors (Lipinski definition) is 10. The van der Waals surface area contributed by atoms with Gasteiger partial charge in [-0.05, 0) is 31.0 Å². The van der Waals surface area contributed by atoms with Gasteiger partial charge in [0, 0.05) is 47.1 Å². The normalized spacial score (nSPS) is 17.3. The van der Waals surface area contributed by atoms with E-state index in [-0.39, 0.29) is 75.2 Å². The smallest absolute Gasteiger partial charge is 0.173 e. The predicted molar refractivity (Wildman–Crippen MR) is 140 cm³/mol. The van der Waals surface area contributed by atoms with E-state index in [9.17, 15) is 40.5 Å². The van der Waals surface area contributed by atoms with E-state index in [4.69, 9.17) is 9.47 Å². The molecule has 0 radical (unpaired) electrons. The monoisotopic (exact) mass is 540 g/mol. The molecule has 0 bridgehead atoms. The molecule has 3 atom stereocenters. The number of carbonyl (C=O) groups excluding carboxylic acids is 1. The van der Waals surface area contributed by atoms with Gasteiger partial charge in [-0.25, -0.2) is 0 Å². The van der Waals surface area contributed by atoms with E-state index < -0.39 is 35.4 Å². The maximum Gasteiger partial charge on any atom is 0.173 e. The molecule has 0 aliphatic carbocycles. The Labute approximate surface area is 225 Å². The van der Waals surface area contributed by atoms with Gasteiger partial charge in [-0.15, -0.1) is 0 Å². The molecule has 39 heavy (non-hydrogen) atoms. The van der Waals surface area contributed by atoms with Crippen LogP contribution in [0.3, 0.4) is 0 Å². The fourth-order valence-electron chi connectivity index (χ4n) is 4.91. The lowest BCUT2D eigenvalue weighted by Crippen LogP contribution is -2.31. The van der Waals surface area contributed by atoms with Crippen LogP contribution in [-0.2, 0) is 12.8 Å². The molecule has 10 heteroatoms. The average Bonchev–Trinajstić information content (AvgIpc) is 2.90. The molecule has 1 aliphatic rings. The predicted octanol–water partition coefficient (Wildman–Crippen LogP) is 4.09. The SMILES string of the molecule is CC[C@H](C)C(=O)c1c(O)c(Cc2c(O)cc(O)c3c2O[C@H](c2ccc(O)c(O)c2)[C@H](O)C3)c(O)c(C)c1OC. The fourth-order valence-corrected chi connectivity index (χ4v) is 4.91. The number of carbonyl (C=O) groups is 1. The zero-order valence-electron chi connectivity index (χ0n) is 22.0. The number of rotatable bonds is 7. The molecule has 0 saturated carbocycles. The average molecular weight is 541 g/mol. The van der Waals surface area contributed by atoms with Crippen LogP contribution >= 0.6 is 0 Å². The number of aromatic hydroxyl groups is 6. The highest BCUT2D eigenvalue weighted by molar-refractivity contribution is 6.04. The summed E-state index contributed by atoms with van der Waals surface area (Å²) in [6, 6.07) is 5.00. The lowest BCUT2D eigenvalue weighted by molar-refractivity contribution is 0.0190. The number of ketones is 1. The molecule has 0 unspecified atom stereocenters. The summed E-state index contributed by atoms with van der Waals surface area (Å²) in [5.74, 6) is -3.12. The number of ether oxygens (including phenoxy) is 2. The number of aliphatic hydroxyl groups is 1. The van der Waals surface area contributed by atoms with Crippen molar-refractivity contribution in [3.05, 3.63) is 57.6 Å². The van der Waals surface area contributed by atoms with Crippen LogP contribution in [0.4, 0.5) is 0 Å². The summed E-state index contributed by atoms with van der Waals surface area (Å²) in [7, 11) is 1.33. The number of phenols is 6. The van der Waals surface area contributed by atoms with Crippen LogP contribution in [0.5, 0.6) is 46.0 Å². The minimum absolute atomic E-state index is 0.0115. The first-order valence-corrected chi connectivity index (χ1v) is 12.5. The number of aliphatic hydroxyl groups excluding tert-OH is 1. The highest BCUT2D eigenvalue weighted by Crippen LogP contribution is 2.50. The van der Waals surface area contributed by atoms with E-state index in [0.29, 0.717) is 12.0 Å². The molecule has 0 saturated heterocycles. The van der Waals surface area contributed by atoms with Crippen molar-refractivity contribution < 1.29 is 50.0 Å². The van der Waals surface area contributed by atoms with Gasteiger partial charge in [0.2, 0.25) is 0 Å². The molecular weight excluding hydrogens is 508 g/mol. The second kappa shape index (κ2) is 10.5. The van der Waals surface area contributed by atoms with Crippen molar-refractivity contribution in [2.45, 2.75) is 52.2 Å². The lowest BCUT2D eigenvalue weighted by atomic mass is 9.87. The Bertz CT molecular complexity index is 1450. The Kier molecular flexibility index (Phi) is 7.43. The Balaban J connectivity index is 1.87. The molecule has 3 aromatic rings. The van der Waals surface area contributed by atoms with Crippen molar-refractivity contribution in [1.82, 2.24) is 0 Å². The van der Waals surface area contributed by atoms with Gasteiger partial charge in [-0.3, -0.25) is 4.79 Å². The van der Waals surface area contributed by atoms with Crippen molar-refractivity contribution in [1.29, 1.82) is 0 Å². The topological polar surface area (TPSA) is 177 Å². The third-order valence-electron chi connectivity index (χ3n) is 7.37.